The third-order valence-electron chi connectivity index (χ3n) is 1.07. The molecule has 0 aromatic heterocycles. The van der Waals surface area contributed by atoms with Gasteiger partial charge in [-0.15, -0.1) is 11.6 Å². The van der Waals surface area contributed by atoms with Crippen LogP contribution in [0.2, 0.25) is 0 Å². The first-order valence-electron chi connectivity index (χ1n) is 2.20. The van der Waals surface area contributed by atoms with Crippen molar-refractivity contribution in [3.63, 3.8) is 0 Å². The molecule has 0 aromatic rings. The first-order chi connectivity index (χ1) is 2.80. The topological polar surface area (TPSA) is 26.0 Å². The van der Waals surface area contributed by atoms with Crippen molar-refractivity contribution in [3.05, 3.63) is 0 Å². The number of rotatable bonds is 1. The van der Waals surface area contributed by atoms with Crippen molar-refractivity contribution in [1.29, 1.82) is 0 Å². The van der Waals surface area contributed by atoms with Crippen molar-refractivity contribution in [2.45, 2.75) is 18.3 Å². The van der Waals surface area contributed by atoms with E-state index in [1.54, 1.807) is 0 Å². The molecule has 6 heavy (non-hydrogen) atoms. The Bertz CT molecular complexity index is 49.5. The zero-order valence-corrected chi connectivity index (χ0v) is 4.28. The number of hydrogen-bond acceptors (Lipinski definition) is 1. The summed E-state index contributed by atoms with van der Waals surface area (Å²) in [7, 11) is 0. The Morgan fingerprint density at radius 1 is 1.67 bits per heavy atom. The molecule has 0 spiro atoms. The van der Waals surface area contributed by atoms with Crippen LogP contribution in [-0.2, 0) is 0 Å². The minimum atomic E-state index is -0.0648. The van der Waals surface area contributed by atoms with Crippen LogP contribution >= 0.6 is 11.6 Å². The maximum absolute atomic E-state index is 5.45. The highest BCUT2D eigenvalue weighted by atomic mass is 35.5. The Labute approximate surface area is 42.5 Å². The van der Waals surface area contributed by atoms with Gasteiger partial charge in [0.15, 0.2) is 0 Å². The molecule has 2 heteroatoms. The Balaban J connectivity index is 2.13. The van der Waals surface area contributed by atoms with E-state index in [0.717, 1.165) is 0 Å². The minimum absolute atomic E-state index is 0.0648. The third kappa shape index (κ3) is 0.854. The zero-order valence-electron chi connectivity index (χ0n) is 3.52. The molecule has 0 radical (unpaired) electrons. The number of nitrogens with two attached hydrogens (primary N) is 1. The summed E-state index contributed by atoms with van der Waals surface area (Å²) >= 11 is 5.45. The first kappa shape index (κ1) is 4.41. The summed E-state index contributed by atoms with van der Waals surface area (Å²) in [5, 5.41) is 0. The van der Waals surface area contributed by atoms with Crippen molar-refractivity contribution < 1.29 is 0 Å². The fourth-order valence-corrected chi connectivity index (χ4v) is 0.667. The van der Waals surface area contributed by atoms with Gasteiger partial charge in [-0.3, -0.25) is 0 Å². The van der Waals surface area contributed by atoms with Crippen LogP contribution in [0.15, 0.2) is 0 Å². The fourth-order valence-electron chi connectivity index (χ4n) is 0.415. The Kier molecular flexibility index (Phi) is 1.02. The molecule has 36 valence electrons. The number of halogens is 1. The first-order valence-corrected chi connectivity index (χ1v) is 2.64. The number of hydrogen-bond donors (Lipinski definition) is 1. The van der Waals surface area contributed by atoms with E-state index in [2.05, 4.69) is 0 Å². The summed E-state index contributed by atoms with van der Waals surface area (Å²) in [5.74, 6) is 0.645. The predicted molar refractivity (Wildman–Crippen MR) is 26.6 cm³/mol. The van der Waals surface area contributed by atoms with Crippen LogP contribution in [0.25, 0.3) is 0 Å². The van der Waals surface area contributed by atoms with E-state index in [4.69, 9.17) is 17.3 Å². The van der Waals surface area contributed by atoms with Crippen LogP contribution in [0.1, 0.15) is 12.8 Å². The van der Waals surface area contributed by atoms with E-state index >= 15 is 0 Å². The van der Waals surface area contributed by atoms with Crippen LogP contribution in [0.5, 0.6) is 0 Å². The van der Waals surface area contributed by atoms with Crippen LogP contribution in [0, 0.1) is 5.92 Å². The number of alkyl halides is 1. The van der Waals surface area contributed by atoms with Gasteiger partial charge in [-0.05, 0) is 18.8 Å². The van der Waals surface area contributed by atoms with E-state index in [-0.39, 0.29) is 5.50 Å². The average molecular weight is 106 g/mol. The minimum Gasteiger partial charge on any atom is -0.315 e. The monoisotopic (exact) mass is 105 g/mol. The molecular formula is C4H8ClN. The smallest absolute Gasteiger partial charge is 0.0829 e. The van der Waals surface area contributed by atoms with Crippen LogP contribution in [0.3, 0.4) is 0 Å². The average Bonchev–Trinajstić information content (AvgIpc) is 2.06. The molecule has 1 rings (SSSR count). The molecule has 0 amide bonds. The fraction of sp³-hybridized carbons (Fsp3) is 1.00. The van der Waals surface area contributed by atoms with Gasteiger partial charge in [0.25, 0.3) is 0 Å². The predicted octanol–water partition coefficient (Wildman–Crippen LogP) is 0.920. The molecule has 0 aliphatic heterocycles. The Morgan fingerprint density at radius 3 is 2.17 bits per heavy atom. The van der Waals surface area contributed by atoms with Crippen molar-refractivity contribution in [2.75, 3.05) is 0 Å². The maximum atomic E-state index is 5.45. The summed E-state index contributed by atoms with van der Waals surface area (Å²) in [5.41, 5.74) is 5.20. The lowest BCUT2D eigenvalue weighted by Gasteiger charge is -1.92. The largest absolute Gasteiger partial charge is 0.315 e. The summed E-state index contributed by atoms with van der Waals surface area (Å²) in [6.45, 7) is 0. The molecular weight excluding hydrogens is 97.5 g/mol. The van der Waals surface area contributed by atoms with Gasteiger partial charge in [0, 0.05) is 0 Å². The summed E-state index contributed by atoms with van der Waals surface area (Å²) in [6, 6.07) is 0. The van der Waals surface area contributed by atoms with Gasteiger partial charge in [-0.2, -0.15) is 0 Å². The standard InChI is InChI=1S/C4H8ClN/c5-4(6)3-1-2-3/h3-4H,1-2,6H2. The van der Waals surface area contributed by atoms with Gasteiger partial charge in [0.05, 0.1) is 5.50 Å². The molecule has 1 unspecified atom stereocenters. The molecule has 1 atom stereocenters. The van der Waals surface area contributed by atoms with Crippen molar-refractivity contribution in [1.82, 2.24) is 0 Å². The van der Waals surface area contributed by atoms with E-state index in [1.807, 2.05) is 0 Å². The summed E-state index contributed by atoms with van der Waals surface area (Å²) in [6.07, 6.45) is 2.48. The van der Waals surface area contributed by atoms with Gasteiger partial charge in [0.2, 0.25) is 0 Å². The lowest BCUT2D eigenvalue weighted by atomic mass is 10.4. The molecule has 1 saturated carbocycles. The van der Waals surface area contributed by atoms with Crippen molar-refractivity contribution in [3.8, 4) is 0 Å². The van der Waals surface area contributed by atoms with Crippen molar-refractivity contribution in [2.24, 2.45) is 11.7 Å². The highest BCUT2D eigenvalue weighted by Crippen LogP contribution is 2.32. The van der Waals surface area contributed by atoms with Crippen LogP contribution in [-0.4, -0.2) is 5.50 Å². The second-order valence-electron chi connectivity index (χ2n) is 1.78. The van der Waals surface area contributed by atoms with Crippen LogP contribution in [0.4, 0.5) is 0 Å². The highest BCUT2D eigenvalue weighted by molar-refractivity contribution is 6.20. The molecule has 0 saturated heterocycles. The molecule has 1 fully saturated rings. The highest BCUT2D eigenvalue weighted by Gasteiger charge is 2.26. The van der Waals surface area contributed by atoms with Gasteiger partial charge < -0.3 is 5.73 Å². The van der Waals surface area contributed by atoms with Crippen LogP contribution < -0.4 is 5.73 Å². The van der Waals surface area contributed by atoms with E-state index in [9.17, 15) is 0 Å². The zero-order chi connectivity index (χ0) is 4.57. The second-order valence-corrected chi connectivity index (χ2v) is 2.29. The van der Waals surface area contributed by atoms with E-state index in [1.165, 1.54) is 12.8 Å². The SMILES string of the molecule is NC(Cl)C1CC1. The summed E-state index contributed by atoms with van der Waals surface area (Å²) in [4.78, 5) is 0. The Morgan fingerprint density at radius 2 is 2.17 bits per heavy atom. The molecule has 0 heterocycles. The normalized spacial score (nSPS) is 27.0. The maximum Gasteiger partial charge on any atom is 0.0829 e. The van der Waals surface area contributed by atoms with Crippen molar-refractivity contribution >= 4 is 11.6 Å². The molecule has 1 aliphatic rings. The lowest BCUT2D eigenvalue weighted by Crippen LogP contribution is -2.12. The molecule has 0 bridgehead atoms. The van der Waals surface area contributed by atoms with Gasteiger partial charge in [-0.25, -0.2) is 0 Å². The quantitative estimate of drug-likeness (QED) is 0.390. The van der Waals surface area contributed by atoms with Gasteiger partial charge in [-0.1, -0.05) is 0 Å². The van der Waals surface area contributed by atoms with E-state index < -0.39 is 0 Å². The summed E-state index contributed by atoms with van der Waals surface area (Å²) < 4.78 is 0. The Hall–Kier alpha value is 0.250. The molecule has 1 nitrogen and oxygen atoms in total. The molecule has 1 aliphatic carbocycles. The third-order valence-corrected chi connectivity index (χ3v) is 1.43. The second kappa shape index (κ2) is 1.39. The molecule has 2 N–H and O–H groups in total. The van der Waals surface area contributed by atoms with Gasteiger partial charge in [0.1, 0.15) is 0 Å². The lowest BCUT2D eigenvalue weighted by molar-refractivity contribution is 0.778. The van der Waals surface area contributed by atoms with E-state index in [0.29, 0.717) is 5.92 Å². The molecule has 0 aromatic carbocycles. The van der Waals surface area contributed by atoms with Gasteiger partial charge >= 0.3 is 0 Å².